The van der Waals surface area contributed by atoms with Gasteiger partial charge in [-0.25, -0.2) is 0 Å². The van der Waals surface area contributed by atoms with Gasteiger partial charge in [-0.3, -0.25) is 9.09 Å². The van der Waals surface area contributed by atoms with Crippen molar-refractivity contribution < 1.29 is 13.6 Å². The van der Waals surface area contributed by atoms with Crippen LogP contribution >= 0.6 is 7.60 Å². The molecule has 1 heterocycles. The molecule has 25 heavy (non-hydrogen) atoms. The van der Waals surface area contributed by atoms with Gasteiger partial charge in [-0.15, -0.1) is 0 Å². The van der Waals surface area contributed by atoms with Crippen LogP contribution in [0.2, 0.25) is 0 Å². The molecule has 0 saturated carbocycles. The maximum Gasteiger partial charge on any atom is 0.358 e. The second-order valence-corrected chi connectivity index (χ2v) is 8.48. The second kappa shape index (κ2) is 10.1. The maximum atomic E-state index is 13.2. The first-order chi connectivity index (χ1) is 12.1. The third-order valence-electron chi connectivity index (χ3n) is 4.47. The summed E-state index contributed by atoms with van der Waals surface area (Å²) in [6, 6.07) is 10.2. The fourth-order valence-electron chi connectivity index (χ4n) is 3.16. The predicted molar refractivity (Wildman–Crippen MR) is 106 cm³/mol. The smallest absolute Gasteiger partial charge is 0.306 e. The van der Waals surface area contributed by atoms with E-state index in [-0.39, 0.29) is 6.10 Å². The van der Waals surface area contributed by atoms with Crippen LogP contribution in [-0.4, -0.2) is 12.7 Å². The molecule has 1 aliphatic rings. The summed E-state index contributed by atoms with van der Waals surface area (Å²) in [7, 11) is -3.14. The van der Waals surface area contributed by atoms with Gasteiger partial charge in [0.1, 0.15) is 0 Å². The Morgan fingerprint density at radius 2 is 1.80 bits per heavy atom. The standard InChI is InChI=1S/C21H31O3P/c1-4-6-7-8-12-15-21-20(17-16-19-13-10-9-11-14-19)18(3)24-25(21,22)23-5-2/h9-11,13-14,16-18H,4-8,12,15H2,1-3H3/b17-16+. The average molecular weight is 362 g/mol. The highest BCUT2D eigenvalue weighted by atomic mass is 31.2. The summed E-state index contributed by atoms with van der Waals surface area (Å²) < 4.78 is 24.5. The van der Waals surface area contributed by atoms with Crippen LogP contribution in [0, 0.1) is 0 Å². The molecule has 0 fully saturated rings. The minimum Gasteiger partial charge on any atom is -0.306 e. The Bertz CT molecular complexity index is 634. The van der Waals surface area contributed by atoms with Crippen molar-refractivity contribution in [3.63, 3.8) is 0 Å². The molecule has 3 nitrogen and oxygen atoms in total. The Morgan fingerprint density at radius 3 is 2.48 bits per heavy atom. The molecule has 0 amide bonds. The molecule has 0 aromatic heterocycles. The van der Waals surface area contributed by atoms with Gasteiger partial charge in [-0.1, -0.05) is 75.1 Å². The Kier molecular flexibility index (Phi) is 8.15. The van der Waals surface area contributed by atoms with Gasteiger partial charge in [0.2, 0.25) is 0 Å². The monoisotopic (exact) mass is 362 g/mol. The number of rotatable bonds is 10. The van der Waals surface area contributed by atoms with E-state index in [1.54, 1.807) is 0 Å². The van der Waals surface area contributed by atoms with E-state index in [1.807, 2.05) is 32.0 Å². The Balaban J connectivity index is 2.19. The van der Waals surface area contributed by atoms with Gasteiger partial charge in [0.05, 0.1) is 12.7 Å². The molecule has 2 rings (SSSR count). The van der Waals surface area contributed by atoms with Crippen LogP contribution in [-0.2, 0) is 13.6 Å². The molecule has 0 N–H and O–H groups in total. The van der Waals surface area contributed by atoms with Gasteiger partial charge in [-0.2, -0.15) is 0 Å². The van der Waals surface area contributed by atoms with Crippen molar-refractivity contribution in [3.8, 4) is 0 Å². The SMILES string of the molecule is CCCCCCCC1=C(/C=C/c2ccccc2)C(C)OP1(=O)OCC. The molecule has 1 aromatic rings. The number of hydrogen-bond donors (Lipinski definition) is 0. The van der Waals surface area contributed by atoms with Gasteiger partial charge in [0.25, 0.3) is 0 Å². The number of allylic oxidation sites excluding steroid dienone is 1. The zero-order chi connectivity index (χ0) is 18.1. The Labute approximate surface area is 152 Å². The fourth-order valence-corrected chi connectivity index (χ4v) is 5.38. The summed E-state index contributed by atoms with van der Waals surface area (Å²) in [5.74, 6) is 0. The zero-order valence-corrected chi connectivity index (χ0v) is 16.6. The Hall–Kier alpha value is -1.15. The van der Waals surface area contributed by atoms with Crippen LogP contribution in [0.25, 0.3) is 6.08 Å². The van der Waals surface area contributed by atoms with Crippen molar-refractivity contribution in [2.24, 2.45) is 0 Å². The topological polar surface area (TPSA) is 35.5 Å². The summed E-state index contributed by atoms with van der Waals surface area (Å²) >= 11 is 0. The largest absolute Gasteiger partial charge is 0.358 e. The number of unbranched alkanes of at least 4 members (excludes halogenated alkanes) is 4. The van der Waals surface area contributed by atoms with E-state index >= 15 is 0 Å². The lowest BCUT2D eigenvalue weighted by Gasteiger charge is -2.15. The minimum absolute atomic E-state index is 0.192. The van der Waals surface area contributed by atoms with E-state index in [1.165, 1.54) is 19.3 Å². The quantitative estimate of drug-likeness (QED) is 0.333. The predicted octanol–water partition coefficient (Wildman–Crippen LogP) is 6.96. The van der Waals surface area contributed by atoms with Crippen LogP contribution in [0.1, 0.15) is 64.9 Å². The van der Waals surface area contributed by atoms with Crippen molar-refractivity contribution in [2.75, 3.05) is 6.61 Å². The molecular weight excluding hydrogens is 331 g/mol. The fraction of sp³-hybridized carbons (Fsp3) is 0.524. The lowest BCUT2D eigenvalue weighted by Crippen LogP contribution is -2.01. The summed E-state index contributed by atoms with van der Waals surface area (Å²) in [6.45, 7) is 6.44. The average Bonchev–Trinajstić information content (AvgIpc) is 2.84. The molecule has 0 spiro atoms. The first-order valence-corrected chi connectivity index (χ1v) is 11.0. The van der Waals surface area contributed by atoms with E-state index in [9.17, 15) is 4.57 Å². The Morgan fingerprint density at radius 1 is 1.08 bits per heavy atom. The molecule has 0 radical (unpaired) electrons. The second-order valence-electron chi connectivity index (χ2n) is 6.47. The highest BCUT2D eigenvalue weighted by Gasteiger charge is 2.41. The number of hydrogen-bond acceptors (Lipinski definition) is 3. The van der Waals surface area contributed by atoms with E-state index in [2.05, 4.69) is 31.2 Å². The van der Waals surface area contributed by atoms with E-state index in [0.717, 1.165) is 35.7 Å². The van der Waals surface area contributed by atoms with Gasteiger partial charge in [0, 0.05) is 5.31 Å². The highest BCUT2D eigenvalue weighted by molar-refractivity contribution is 7.58. The number of benzene rings is 1. The molecule has 0 saturated heterocycles. The van der Waals surface area contributed by atoms with E-state index in [4.69, 9.17) is 9.05 Å². The third-order valence-corrected chi connectivity index (χ3v) is 6.80. The van der Waals surface area contributed by atoms with Gasteiger partial charge < -0.3 is 4.52 Å². The first-order valence-electron chi connectivity index (χ1n) is 9.50. The van der Waals surface area contributed by atoms with Crippen LogP contribution in [0.5, 0.6) is 0 Å². The summed E-state index contributed by atoms with van der Waals surface area (Å²) in [5, 5.41) is 0.880. The van der Waals surface area contributed by atoms with Crippen LogP contribution in [0.15, 0.2) is 47.3 Å². The lowest BCUT2D eigenvalue weighted by atomic mass is 10.0. The summed E-state index contributed by atoms with van der Waals surface area (Å²) in [4.78, 5) is 0. The molecule has 0 aliphatic carbocycles. The van der Waals surface area contributed by atoms with Crippen molar-refractivity contribution in [1.82, 2.24) is 0 Å². The van der Waals surface area contributed by atoms with Crippen LogP contribution < -0.4 is 0 Å². The zero-order valence-electron chi connectivity index (χ0n) is 15.7. The molecule has 4 heteroatoms. The first kappa shape index (κ1) is 20.2. The van der Waals surface area contributed by atoms with Gasteiger partial charge in [0.15, 0.2) is 0 Å². The van der Waals surface area contributed by atoms with Gasteiger partial charge in [-0.05, 0) is 37.8 Å². The summed E-state index contributed by atoms with van der Waals surface area (Å²) in [6.07, 6.45) is 10.6. The molecule has 138 valence electrons. The third kappa shape index (κ3) is 5.67. The molecule has 2 unspecified atom stereocenters. The summed E-state index contributed by atoms with van der Waals surface area (Å²) in [5.41, 5.74) is 2.15. The van der Waals surface area contributed by atoms with Crippen LogP contribution in [0.3, 0.4) is 0 Å². The molecule has 1 aromatic carbocycles. The van der Waals surface area contributed by atoms with E-state index < -0.39 is 7.60 Å². The van der Waals surface area contributed by atoms with Crippen molar-refractivity contribution in [3.05, 3.63) is 52.9 Å². The van der Waals surface area contributed by atoms with Crippen molar-refractivity contribution in [2.45, 2.75) is 65.4 Å². The maximum absolute atomic E-state index is 13.2. The molecule has 2 atom stereocenters. The van der Waals surface area contributed by atoms with Gasteiger partial charge >= 0.3 is 7.60 Å². The molecule has 0 bridgehead atoms. The highest BCUT2D eigenvalue weighted by Crippen LogP contribution is 2.65. The minimum atomic E-state index is -3.14. The van der Waals surface area contributed by atoms with Crippen molar-refractivity contribution in [1.29, 1.82) is 0 Å². The van der Waals surface area contributed by atoms with E-state index in [0.29, 0.717) is 6.61 Å². The normalized spacial score (nSPS) is 23.7. The van der Waals surface area contributed by atoms with Crippen molar-refractivity contribution >= 4 is 13.7 Å². The lowest BCUT2D eigenvalue weighted by molar-refractivity contribution is 0.201. The molecular formula is C21H31O3P. The van der Waals surface area contributed by atoms with Crippen LogP contribution in [0.4, 0.5) is 0 Å². The molecule has 1 aliphatic heterocycles.